The van der Waals surface area contributed by atoms with E-state index in [9.17, 15) is 18.8 Å². The van der Waals surface area contributed by atoms with Crippen molar-refractivity contribution in [2.45, 2.75) is 18.6 Å². The second-order valence-electron chi connectivity index (χ2n) is 6.52. The van der Waals surface area contributed by atoms with E-state index >= 15 is 0 Å². The fraction of sp³-hybridized carbons (Fsp3) is 0.286. The van der Waals surface area contributed by atoms with Gasteiger partial charge in [-0.1, -0.05) is 12.1 Å². The highest BCUT2D eigenvalue weighted by molar-refractivity contribution is 7.99. The number of carbonyl (C=O) groups excluding carboxylic acids is 3. The Balaban J connectivity index is 1.36. The number of thioether (sulfide) groups is 1. The van der Waals surface area contributed by atoms with E-state index in [0.717, 1.165) is 17.7 Å². The molecule has 0 spiro atoms. The molecule has 0 atom stereocenters. The second kappa shape index (κ2) is 10.1. The lowest BCUT2D eigenvalue weighted by Crippen LogP contribution is -2.24. The first-order valence-electron chi connectivity index (χ1n) is 9.19. The molecule has 2 aromatic carbocycles. The molecule has 8 heteroatoms. The first-order chi connectivity index (χ1) is 14.0. The average Bonchev–Trinajstić information content (AvgIpc) is 3.14. The topological polar surface area (TPSA) is 75.7 Å². The Morgan fingerprint density at radius 1 is 1.10 bits per heavy atom. The smallest absolute Gasteiger partial charge is 0.316 e. The number of halogens is 1. The van der Waals surface area contributed by atoms with Crippen LogP contribution in [0.15, 0.2) is 48.5 Å². The van der Waals surface area contributed by atoms with Gasteiger partial charge in [0.05, 0.1) is 5.75 Å². The summed E-state index contributed by atoms with van der Waals surface area (Å²) in [5.74, 6) is -0.479. The molecular weight excluding hydrogens is 395 g/mol. The van der Waals surface area contributed by atoms with Crippen molar-refractivity contribution in [3.63, 3.8) is 0 Å². The molecule has 29 heavy (non-hydrogen) atoms. The Bertz CT molecular complexity index is 871. The Labute approximate surface area is 172 Å². The summed E-state index contributed by atoms with van der Waals surface area (Å²) in [5.41, 5.74) is 2.27. The molecule has 3 rings (SSSR count). The van der Waals surface area contributed by atoms with Gasteiger partial charge in [0.2, 0.25) is 5.91 Å². The van der Waals surface area contributed by atoms with E-state index in [1.807, 2.05) is 0 Å². The van der Waals surface area contributed by atoms with E-state index in [4.69, 9.17) is 4.74 Å². The van der Waals surface area contributed by atoms with Crippen LogP contribution in [0.25, 0.3) is 0 Å². The van der Waals surface area contributed by atoms with Crippen LogP contribution in [0, 0.1) is 5.82 Å². The number of hydrogen-bond acceptors (Lipinski definition) is 5. The minimum absolute atomic E-state index is 0.100. The van der Waals surface area contributed by atoms with E-state index in [-0.39, 0.29) is 24.1 Å². The van der Waals surface area contributed by atoms with Gasteiger partial charge in [0.1, 0.15) is 5.82 Å². The summed E-state index contributed by atoms with van der Waals surface area (Å²) in [6, 6.07) is 13.0. The molecule has 1 aliphatic heterocycles. The number of rotatable bonds is 8. The third-order valence-electron chi connectivity index (χ3n) is 4.30. The first kappa shape index (κ1) is 20.9. The Hall–Kier alpha value is -2.87. The van der Waals surface area contributed by atoms with Crippen LogP contribution in [0.4, 0.5) is 15.8 Å². The molecule has 0 aliphatic carbocycles. The molecule has 0 bridgehead atoms. The Morgan fingerprint density at radius 2 is 1.83 bits per heavy atom. The minimum Gasteiger partial charge on any atom is -0.455 e. The number of carbonyl (C=O) groups is 3. The van der Waals surface area contributed by atoms with Gasteiger partial charge in [-0.15, -0.1) is 11.8 Å². The van der Waals surface area contributed by atoms with Crippen molar-refractivity contribution in [3.8, 4) is 0 Å². The maximum Gasteiger partial charge on any atom is 0.316 e. The van der Waals surface area contributed by atoms with Gasteiger partial charge in [0.15, 0.2) is 6.61 Å². The number of esters is 1. The molecule has 0 aromatic heterocycles. The standard InChI is InChI=1S/C21H21FN2O4S/c22-16-5-3-15(4-6-16)13-29-14-21(27)28-12-19(25)23-17-7-9-18(10-8-17)24-11-1-2-20(24)26/h3-10H,1-2,11-14H2,(H,23,25). The van der Waals surface area contributed by atoms with Crippen molar-refractivity contribution in [2.24, 2.45) is 0 Å². The maximum absolute atomic E-state index is 12.8. The van der Waals surface area contributed by atoms with Crippen LogP contribution in [0.1, 0.15) is 18.4 Å². The number of anilines is 2. The summed E-state index contributed by atoms with van der Waals surface area (Å²) < 4.78 is 17.8. The third-order valence-corrected chi connectivity index (χ3v) is 5.28. The summed E-state index contributed by atoms with van der Waals surface area (Å²) in [6.07, 6.45) is 1.41. The molecule has 0 saturated carbocycles. The molecule has 0 unspecified atom stereocenters. The van der Waals surface area contributed by atoms with Gasteiger partial charge in [-0.05, 0) is 48.4 Å². The van der Waals surface area contributed by atoms with Crippen molar-refractivity contribution in [2.75, 3.05) is 29.1 Å². The zero-order chi connectivity index (χ0) is 20.6. The second-order valence-corrected chi connectivity index (χ2v) is 7.51. The van der Waals surface area contributed by atoms with Crippen molar-refractivity contribution in [1.29, 1.82) is 0 Å². The van der Waals surface area contributed by atoms with E-state index in [1.54, 1.807) is 41.3 Å². The van der Waals surface area contributed by atoms with Gasteiger partial charge in [-0.3, -0.25) is 14.4 Å². The van der Waals surface area contributed by atoms with Crippen LogP contribution in [-0.4, -0.2) is 36.7 Å². The minimum atomic E-state index is -0.491. The van der Waals surface area contributed by atoms with Gasteiger partial charge in [0, 0.05) is 30.1 Å². The fourth-order valence-corrected chi connectivity index (χ4v) is 3.64. The van der Waals surface area contributed by atoms with Crippen molar-refractivity contribution in [1.82, 2.24) is 0 Å². The summed E-state index contributed by atoms with van der Waals surface area (Å²) in [6.45, 7) is 0.335. The summed E-state index contributed by atoms with van der Waals surface area (Å²) in [4.78, 5) is 37.2. The van der Waals surface area contributed by atoms with Crippen LogP contribution >= 0.6 is 11.8 Å². The quantitative estimate of drug-likeness (QED) is 0.668. The van der Waals surface area contributed by atoms with Gasteiger partial charge in [-0.2, -0.15) is 0 Å². The van der Waals surface area contributed by atoms with E-state index in [1.165, 1.54) is 23.9 Å². The van der Waals surface area contributed by atoms with E-state index < -0.39 is 11.9 Å². The molecular formula is C21H21FN2O4S. The normalized spacial score (nSPS) is 13.4. The van der Waals surface area contributed by atoms with E-state index in [0.29, 0.717) is 24.4 Å². The lowest BCUT2D eigenvalue weighted by Gasteiger charge is -2.16. The lowest BCUT2D eigenvalue weighted by molar-refractivity contribution is -0.144. The molecule has 1 saturated heterocycles. The SMILES string of the molecule is O=C(COC(=O)CSCc1ccc(F)cc1)Nc1ccc(N2CCCC2=O)cc1. The number of amides is 2. The first-order valence-corrected chi connectivity index (χ1v) is 10.3. The molecule has 152 valence electrons. The molecule has 1 heterocycles. The van der Waals surface area contributed by atoms with Crippen molar-refractivity contribution >= 4 is 40.9 Å². The lowest BCUT2D eigenvalue weighted by atomic mass is 10.2. The number of hydrogen-bond donors (Lipinski definition) is 1. The van der Waals surface area contributed by atoms with Crippen LogP contribution in [-0.2, 0) is 24.9 Å². The van der Waals surface area contributed by atoms with Crippen LogP contribution in [0.2, 0.25) is 0 Å². The van der Waals surface area contributed by atoms with Gasteiger partial charge >= 0.3 is 5.97 Å². The predicted molar refractivity (Wildman–Crippen MR) is 110 cm³/mol. The predicted octanol–water partition coefficient (Wildman–Crippen LogP) is 3.37. The molecule has 2 amide bonds. The Kier molecular flexibility index (Phi) is 7.24. The number of benzene rings is 2. The van der Waals surface area contributed by atoms with Gasteiger partial charge in [-0.25, -0.2) is 4.39 Å². The molecule has 1 aliphatic rings. The zero-order valence-electron chi connectivity index (χ0n) is 15.7. The molecule has 1 fully saturated rings. The van der Waals surface area contributed by atoms with Gasteiger partial charge in [0.25, 0.3) is 5.91 Å². The maximum atomic E-state index is 12.8. The molecule has 0 radical (unpaired) electrons. The number of ether oxygens (including phenoxy) is 1. The third kappa shape index (κ3) is 6.32. The van der Waals surface area contributed by atoms with Gasteiger partial charge < -0.3 is 15.0 Å². The highest BCUT2D eigenvalue weighted by Crippen LogP contribution is 2.23. The molecule has 2 aromatic rings. The molecule has 6 nitrogen and oxygen atoms in total. The monoisotopic (exact) mass is 416 g/mol. The largest absolute Gasteiger partial charge is 0.455 e. The van der Waals surface area contributed by atoms with Crippen LogP contribution in [0.5, 0.6) is 0 Å². The van der Waals surface area contributed by atoms with Crippen LogP contribution < -0.4 is 10.2 Å². The average molecular weight is 416 g/mol. The van der Waals surface area contributed by atoms with E-state index in [2.05, 4.69) is 5.32 Å². The van der Waals surface area contributed by atoms with Crippen molar-refractivity contribution in [3.05, 3.63) is 59.9 Å². The van der Waals surface area contributed by atoms with Crippen molar-refractivity contribution < 1.29 is 23.5 Å². The number of nitrogens with one attached hydrogen (secondary N) is 1. The fourth-order valence-electron chi connectivity index (χ4n) is 2.86. The summed E-state index contributed by atoms with van der Waals surface area (Å²) in [5, 5.41) is 2.65. The van der Waals surface area contributed by atoms with Crippen LogP contribution in [0.3, 0.4) is 0 Å². The number of nitrogens with zero attached hydrogens (tertiary/aromatic N) is 1. The molecule has 1 N–H and O–H groups in total. The Morgan fingerprint density at radius 3 is 2.48 bits per heavy atom. The zero-order valence-corrected chi connectivity index (χ0v) is 16.5. The summed E-state index contributed by atoms with van der Waals surface area (Å²) >= 11 is 1.33. The highest BCUT2D eigenvalue weighted by Gasteiger charge is 2.21. The summed E-state index contributed by atoms with van der Waals surface area (Å²) in [7, 11) is 0. The highest BCUT2D eigenvalue weighted by atomic mass is 32.2.